The Morgan fingerprint density at radius 1 is 1.29 bits per heavy atom. The largest absolute Gasteiger partial charge is 0.379 e. The lowest BCUT2D eigenvalue weighted by Crippen LogP contribution is -2.43. The summed E-state index contributed by atoms with van der Waals surface area (Å²) >= 11 is 0. The predicted octanol–water partition coefficient (Wildman–Crippen LogP) is 0.317. The Kier molecular flexibility index (Phi) is 2.08. The molecule has 1 spiro atoms. The van der Waals surface area contributed by atoms with Crippen molar-refractivity contribution in [3.8, 4) is 0 Å². The molecule has 0 aliphatic carbocycles. The predicted molar refractivity (Wildman–Crippen MR) is 55.3 cm³/mol. The van der Waals surface area contributed by atoms with Crippen molar-refractivity contribution in [1.82, 2.24) is 10.2 Å². The molecule has 0 radical (unpaired) electrons. The number of rotatable bonds is 0. The third kappa shape index (κ3) is 1.23. The van der Waals surface area contributed by atoms with E-state index < -0.39 is 0 Å². The number of fused-ring (bicyclic) bond motifs is 2. The van der Waals surface area contributed by atoms with Gasteiger partial charge in [0, 0.05) is 18.5 Å². The number of ether oxygens (including phenoxy) is 1. The smallest absolute Gasteiger partial charge is 0.0623 e. The molecule has 0 bridgehead atoms. The van der Waals surface area contributed by atoms with E-state index in [2.05, 4.69) is 17.3 Å². The van der Waals surface area contributed by atoms with Gasteiger partial charge in [0.15, 0.2) is 0 Å². The molecule has 2 atom stereocenters. The summed E-state index contributed by atoms with van der Waals surface area (Å²) in [5.41, 5.74) is 0.577. The van der Waals surface area contributed by atoms with E-state index in [0.29, 0.717) is 11.5 Å². The fraction of sp³-hybridized carbons (Fsp3) is 1.00. The molecule has 0 aromatic heterocycles. The molecular weight excluding hydrogens is 176 g/mol. The summed E-state index contributed by atoms with van der Waals surface area (Å²) in [6.45, 7) is 5.72. The fourth-order valence-corrected chi connectivity index (χ4v) is 3.44. The molecule has 1 N–H and O–H groups in total. The van der Waals surface area contributed by atoms with Gasteiger partial charge in [-0.25, -0.2) is 0 Å². The molecule has 3 heterocycles. The number of nitrogens with one attached hydrogen (secondary N) is 1. The van der Waals surface area contributed by atoms with Gasteiger partial charge in [-0.15, -0.1) is 0 Å². The minimum atomic E-state index is 0.577. The van der Waals surface area contributed by atoms with Gasteiger partial charge < -0.3 is 15.0 Å². The normalized spacial score (nSPS) is 41.8. The van der Waals surface area contributed by atoms with Crippen molar-refractivity contribution in [2.45, 2.75) is 18.9 Å². The first-order chi connectivity index (χ1) is 6.80. The maximum absolute atomic E-state index is 5.59. The van der Waals surface area contributed by atoms with Gasteiger partial charge >= 0.3 is 0 Å². The highest BCUT2D eigenvalue weighted by Gasteiger charge is 2.51. The zero-order chi connectivity index (χ0) is 9.60. The molecule has 3 heteroatoms. The van der Waals surface area contributed by atoms with Gasteiger partial charge in [-0.3, -0.25) is 0 Å². The quantitative estimate of drug-likeness (QED) is 0.604. The summed E-state index contributed by atoms with van der Waals surface area (Å²) in [6.07, 6.45) is 2.72. The van der Waals surface area contributed by atoms with Crippen LogP contribution in [0.1, 0.15) is 12.8 Å². The molecule has 3 nitrogen and oxygen atoms in total. The molecule has 0 aromatic rings. The molecule has 3 saturated heterocycles. The molecule has 0 amide bonds. The Morgan fingerprint density at radius 2 is 2.07 bits per heavy atom. The second-order valence-corrected chi connectivity index (χ2v) is 5.30. The van der Waals surface area contributed by atoms with Crippen LogP contribution in [0.2, 0.25) is 0 Å². The van der Waals surface area contributed by atoms with E-state index >= 15 is 0 Å². The van der Waals surface area contributed by atoms with Crippen molar-refractivity contribution in [2.24, 2.45) is 11.3 Å². The van der Waals surface area contributed by atoms with Crippen molar-refractivity contribution < 1.29 is 4.74 Å². The van der Waals surface area contributed by atoms with Crippen molar-refractivity contribution in [2.75, 3.05) is 39.9 Å². The van der Waals surface area contributed by atoms with Crippen molar-refractivity contribution >= 4 is 0 Å². The van der Waals surface area contributed by atoms with Crippen molar-refractivity contribution in [3.63, 3.8) is 0 Å². The molecule has 0 saturated carbocycles. The Hall–Kier alpha value is -0.120. The van der Waals surface area contributed by atoms with Crippen molar-refractivity contribution in [3.05, 3.63) is 0 Å². The Balaban J connectivity index is 1.77. The summed E-state index contributed by atoms with van der Waals surface area (Å²) in [5, 5.41) is 3.65. The van der Waals surface area contributed by atoms with Gasteiger partial charge in [0.1, 0.15) is 0 Å². The molecule has 14 heavy (non-hydrogen) atoms. The third-order valence-corrected chi connectivity index (χ3v) is 4.57. The molecule has 80 valence electrons. The van der Waals surface area contributed by atoms with Gasteiger partial charge in [0.25, 0.3) is 0 Å². The Bertz CT molecular complexity index is 223. The van der Waals surface area contributed by atoms with Crippen LogP contribution in [-0.2, 0) is 4.74 Å². The molecular formula is C11H20N2O. The molecule has 3 aliphatic heterocycles. The number of piperidine rings is 1. The van der Waals surface area contributed by atoms with E-state index in [-0.39, 0.29) is 0 Å². The average Bonchev–Trinajstić information content (AvgIpc) is 2.75. The molecule has 2 unspecified atom stereocenters. The first kappa shape index (κ1) is 9.13. The summed E-state index contributed by atoms with van der Waals surface area (Å²) in [5.74, 6) is 0.802. The summed E-state index contributed by atoms with van der Waals surface area (Å²) in [7, 11) is 2.23. The lowest BCUT2D eigenvalue weighted by Gasteiger charge is -2.40. The van der Waals surface area contributed by atoms with E-state index in [1.54, 1.807) is 0 Å². The minimum absolute atomic E-state index is 0.577. The van der Waals surface area contributed by atoms with Crippen LogP contribution in [0.5, 0.6) is 0 Å². The van der Waals surface area contributed by atoms with Crippen LogP contribution in [-0.4, -0.2) is 50.8 Å². The number of hydrogen-bond acceptors (Lipinski definition) is 3. The zero-order valence-electron chi connectivity index (χ0n) is 8.96. The van der Waals surface area contributed by atoms with Crippen LogP contribution in [0.15, 0.2) is 0 Å². The minimum Gasteiger partial charge on any atom is -0.379 e. The first-order valence-electron chi connectivity index (χ1n) is 5.80. The van der Waals surface area contributed by atoms with E-state index in [1.807, 2.05) is 0 Å². The van der Waals surface area contributed by atoms with Crippen LogP contribution in [0.3, 0.4) is 0 Å². The second kappa shape index (κ2) is 3.19. The lowest BCUT2D eigenvalue weighted by atomic mass is 9.70. The van der Waals surface area contributed by atoms with Gasteiger partial charge in [-0.05, 0) is 38.4 Å². The van der Waals surface area contributed by atoms with Gasteiger partial charge in [0.05, 0.1) is 13.2 Å². The van der Waals surface area contributed by atoms with Crippen LogP contribution < -0.4 is 5.32 Å². The summed E-state index contributed by atoms with van der Waals surface area (Å²) < 4.78 is 5.59. The van der Waals surface area contributed by atoms with E-state index in [9.17, 15) is 0 Å². The topological polar surface area (TPSA) is 24.5 Å². The summed E-state index contributed by atoms with van der Waals surface area (Å²) in [4.78, 5) is 2.45. The van der Waals surface area contributed by atoms with Gasteiger partial charge in [-0.2, -0.15) is 0 Å². The maximum Gasteiger partial charge on any atom is 0.0623 e. The molecule has 3 aliphatic rings. The van der Waals surface area contributed by atoms with E-state index in [4.69, 9.17) is 4.74 Å². The van der Waals surface area contributed by atoms with Gasteiger partial charge in [0.2, 0.25) is 0 Å². The maximum atomic E-state index is 5.59. The number of hydrogen-bond donors (Lipinski definition) is 1. The molecule has 0 aromatic carbocycles. The third-order valence-electron chi connectivity index (χ3n) is 4.57. The SMILES string of the molecule is CN1CCC2(CC1)CNC1COCC12. The Morgan fingerprint density at radius 3 is 2.86 bits per heavy atom. The Labute approximate surface area is 85.8 Å². The summed E-state index contributed by atoms with van der Waals surface area (Å²) in [6, 6.07) is 0.665. The highest BCUT2D eigenvalue weighted by Crippen LogP contribution is 2.45. The van der Waals surface area contributed by atoms with Crippen LogP contribution in [0.4, 0.5) is 0 Å². The van der Waals surface area contributed by atoms with E-state index in [1.165, 1.54) is 32.5 Å². The van der Waals surface area contributed by atoms with Crippen molar-refractivity contribution in [1.29, 1.82) is 0 Å². The number of likely N-dealkylation sites (tertiary alicyclic amines) is 1. The second-order valence-electron chi connectivity index (χ2n) is 5.30. The zero-order valence-corrected chi connectivity index (χ0v) is 8.96. The lowest BCUT2D eigenvalue weighted by molar-refractivity contribution is 0.0702. The first-order valence-corrected chi connectivity index (χ1v) is 5.80. The highest BCUT2D eigenvalue weighted by molar-refractivity contribution is 5.04. The van der Waals surface area contributed by atoms with Crippen LogP contribution in [0, 0.1) is 11.3 Å². The van der Waals surface area contributed by atoms with Gasteiger partial charge in [-0.1, -0.05) is 0 Å². The molecule has 3 fully saturated rings. The standard InChI is InChI=1S/C11H20N2O/c1-13-4-2-11(3-5-13)8-12-10-7-14-6-9(10)11/h9-10,12H,2-8H2,1H3. The molecule has 3 rings (SSSR count). The fourth-order valence-electron chi connectivity index (χ4n) is 3.44. The monoisotopic (exact) mass is 196 g/mol. The number of nitrogens with zero attached hydrogens (tertiary/aromatic N) is 1. The average molecular weight is 196 g/mol. The van der Waals surface area contributed by atoms with E-state index in [0.717, 1.165) is 19.1 Å². The van der Waals surface area contributed by atoms with Crippen LogP contribution >= 0.6 is 0 Å². The highest BCUT2D eigenvalue weighted by atomic mass is 16.5. The van der Waals surface area contributed by atoms with Crippen LogP contribution in [0.25, 0.3) is 0 Å².